The van der Waals surface area contributed by atoms with Gasteiger partial charge < -0.3 is 15.3 Å². The summed E-state index contributed by atoms with van der Waals surface area (Å²) in [6.07, 6.45) is 0.382. The van der Waals surface area contributed by atoms with Crippen molar-refractivity contribution in [2.24, 2.45) is 0 Å². The third-order valence-electron chi connectivity index (χ3n) is 2.46. The highest BCUT2D eigenvalue weighted by molar-refractivity contribution is 5.53. The third-order valence-corrected chi connectivity index (χ3v) is 2.46. The molecule has 0 atom stereocenters. The maximum atomic E-state index is 9.63. The monoisotopic (exact) mass is 216 g/mol. The van der Waals surface area contributed by atoms with Crippen LogP contribution in [0.5, 0.6) is 17.2 Å². The zero-order valence-corrected chi connectivity index (χ0v) is 8.59. The van der Waals surface area contributed by atoms with Crippen molar-refractivity contribution in [1.29, 1.82) is 0 Å². The van der Waals surface area contributed by atoms with Gasteiger partial charge in [0.05, 0.1) is 0 Å². The van der Waals surface area contributed by atoms with Crippen LogP contribution in [0.3, 0.4) is 0 Å². The summed E-state index contributed by atoms with van der Waals surface area (Å²) >= 11 is 0. The van der Waals surface area contributed by atoms with Crippen LogP contribution in [0.15, 0.2) is 42.5 Å². The van der Waals surface area contributed by atoms with Crippen LogP contribution in [0.25, 0.3) is 0 Å². The van der Waals surface area contributed by atoms with Gasteiger partial charge in [0.1, 0.15) is 5.75 Å². The van der Waals surface area contributed by atoms with E-state index in [0.717, 1.165) is 5.56 Å². The molecule has 0 spiro atoms. The second kappa shape index (κ2) is 4.14. The lowest BCUT2D eigenvalue weighted by molar-refractivity contribution is 0.390. The Kier molecular flexibility index (Phi) is 2.68. The van der Waals surface area contributed by atoms with Crippen LogP contribution in [-0.4, -0.2) is 15.3 Å². The topological polar surface area (TPSA) is 60.7 Å². The zero-order valence-electron chi connectivity index (χ0n) is 8.59. The second-order valence-corrected chi connectivity index (χ2v) is 3.59. The van der Waals surface area contributed by atoms with Crippen LogP contribution in [0.1, 0.15) is 11.1 Å². The minimum absolute atomic E-state index is 0.0147. The Hall–Kier alpha value is -2.16. The van der Waals surface area contributed by atoms with Gasteiger partial charge in [-0.15, -0.1) is 0 Å². The molecule has 2 aromatic carbocycles. The number of aromatic hydroxyl groups is 3. The first-order valence-corrected chi connectivity index (χ1v) is 4.95. The quantitative estimate of drug-likeness (QED) is 0.533. The fourth-order valence-electron chi connectivity index (χ4n) is 1.59. The molecule has 3 heteroatoms. The molecule has 0 saturated heterocycles. The maximum absolute atomic E-state index is 9.63. The van der Waals surface area contributed by atoms with Crippen LogP contribution in [0.2, 0.25) is 0 Å². The molecule has 0 radical (unpaired) electrons. The molecule has 2 aromatic rings. The van der Waals surface area contributed by atoms with Crippen molar-refractivity contribution in [1.82, 2.24) is 0 Å². The van der Waals surface area contributed by atoms with Gasteiger partial charge in [-0.3, -0.25) is 0 Å². The first-order valence-electron chi connectivity index (χ1n) is 4.95. The summed E-state index contributed by atoms with van der Waals surface area (Å²) in [4.78, 5) is 0. The molecule has 0 aliphatic rings. The summed E-state index contributed by atoms with van der Waals surface area (Å²) in [6, 6.07) is 12.1. The molecular formula is C13H12O3. The number of phenols is 3. The van der Waals surface area contributed by atoms with Crippen LogP contribution < -0.4 is 0 Å². The minimum atomic E-state index is -0.260. The zero-order chi connectivity index (χ0) is 11.5. The Morgan fingerprint density at radius 3 is 2.06 bits per heavy atom. The molecule has 0 unspecified atom stereocenters. The molecule has 0 aliphatic heterocycles. The Bertz CT molecular complexity index is 492. The van der Waals surface area contributed by atoms with Crippen molar-refractivity contribution in [3.8, 4) is 17.2 Å². The Balaban J connectivity index is 2.38. The Morgan fingerprint density at radius 1 is 0.750 bits per heavy atom. The lowest BCUT2D eigenvalue weighted by Crippen LogP contribution is -1.89. The van der Waals surface area contributed by atoms with E-state index in [0.29, 0.717) is 12.0 Å². The molecule has 0 saturated carbocycles. The number of benzene rings is 2. The van der Waals surface area contributed by atoms with Gasteiger partial charge in [0.2, 0.25) is 0 Å². The maximum Gasteiger partial charge on any atom is 0.164 e. The van der Waals surface area contributed by atoms with Crippen molar-refractivity contribution in [3.63, 3.8) is 0 Å². The van der Waals surface area contributed by atoms with E-state index in [9.17, 15) is 15.3 Å². The minimum Gasteiger partial charge on any atom is -0.508 e. The molecule has 3 nitrogen and oxygen atoms in total. The average Bonchev–Trinajstić information content (AvgIpc) is 2.31. The number of phenolic OH excluding ortho intramolecular Hbond substituents is 3. The number of hydrogen-bond acceptors (Lipinski definition) is 3. The van der Waals surface area contributed by atoms with E-state index >= 15 is 0 Å². The second-order valence-electron chi connectivity index (χ2n) is 3.59. The van der Waals surface area contributed by atoms with Crippen molar-refractivity contribution in [2.45, 2.75) is 6.42 Å². The summed E-state index contributed by atoms with van der Waals surface area (Å²) in [6.45, 7) is 0. The fourth-order valence-corrected chi connectivity index (χ4v) is 1.59. The summed E-state index contributed by atoms with van der Waals surface area (Å²) in [7, 11) is 0. The molecule has 0 aromatic heterocycles. The molecule has 0 heterocycles. The molecule has 0 fully saturated rings. The fraction of sp³-hybridized carbons (Fsp3) is 0.0769. The molecule has 2 rings (SSSR count). The highest BCUT2D eigenvalue weighted by Crippen LogP contribution is 2.36. The van der Waals surface area contributed by atoms with E-state index in [1.165, 1.54) is 12.1 Å². The van der Waals surface area contributed by atoms with E-state index in [4.69, 9.17) is 0 Å². The highest BCUT2D eigenvalue weighted by atomic mass is 16.3. The van der Waals surface area contributed by atoms with Crippen LogP contribution in [-0.2, 0) is 6.42 Å². The van der Waals surface area contributed by atoms with Gasteiger partial charge in [0.15, 0.2) is 11.5 Å². The molecule has 82 valence electrons. The van der Waals surface area contributed by atoms with E-state index in [-0.39, 0.29) is 17.2 Å². The van der Waals surface area contributed by atoms with Gasteiger partial charge in [-0.05, 0) is 17.7 Å². The van der Waals surface area contributed by atoms with Gasteiger partial charge >= 0.3 is 0 Å². The smallest absolute Gasteiger partial charge is 0.164 e. The van der Waals surface area contributed by atoms with E-state index in [1.807, 2.05) is 30.3 Å². The summed E-state index contributed by atoms with van der Waals surface area (Å²) in [5.74, 6) is -0.494. The van der Waals surface area contributed by atoms with Gasteiger partial charge in [-0.2, -0.15) is 0 Å². The van der Waals surface area contributed by atoms with Crippen LogP contribution in [0.4, 0.5) is 0 Å². The molecule has 16 heavy (non-hydrogen) atoms. The van der Waals surface area contributed by atoms with Gasteiger partial charge in [0.25, 0.3) is 0 Å². The lowest BCUT2D eigenvalue weighted by Gasteiger charge is -2.08. The molecule has 0 bridgehead atoms. The van der Waals surface area contributed by atoms with Crippen molar-refractivity contribution < 1.29 is 15.3 Å². The molecule has 0 aliphatic carbocycles. The number of rotatable bonds is 2. The van der Waals surface area contributed by atoms with Gasteiger partial charge in [0, 0.05) is 12.0 Å². The van der Waals surface area contributed by atoms with Gasteiger partial charge in [-0.25, -0.2) is 0 Å². The van der Waals surface area contributed by atoms with Crippen molar-refractivity contribution >= 4 is 0 Å². The van der Waals surface area contributed by atoms with E-state index in [2.05, 4.69) is 0 Å². The third kappa shape index (κ3) is 1.93. The predicted molar refractivity (Wildman–Crippen MR) is 60.7 cm³/mol. The largest absolute Gasteiger partial charge is 0.508 e. The normalized spacial score (nSPS) is 10.2. The highest BCUT2D eigenvalue weighted by Gasteiger charge is 2.11. The van der Waals surface area contributed by atoms with Crippen LogP contribution >= 0.6 is 0 Å². The lowest BCUT2D eigenvalue weighted by atomic mass is 10.0. The SMILES string of the molecule is Oc1ccc(O)c(Cc2ccccc2)c1O. The first-order chi connectivity index (χ1) is 7.68. The van der Waals surface area contributed by atoms with Crippen molar-refractivity contribution in [2.75, 3.05) is 0 Å². The van der Waals surface area contributed by atoms with E-state index < -0.39 is 0 Å². The van der Waals surface area contributed by atoms with E-state index in [1.54, 1.807) is 0 Å². The summed E-state index contributed by atoms with van der Waals surface area (Å²) in [5.41, 5.74) is 1.30. The van der Waals surface area contributed by atoms with Gasteiger partial charge in [-0.1, -0.05) is 30.3 Å². The Morgan fingerprint density at radius 2 is 1.38 bits per heavy atom. The average molecular weight is 216 g/mol. The summed E-state index contributed by atoms with van der Waals surface area (Å²) < 4.78 is 0. The standard InChI is InChI=1S/C13H12O3/c14-11-6-7-12(15)13(16)10(11)8-9-4-2-1-3-5-9/h1-7,14-16H,8H2. The summed E-state index contributed by atoms with van der Waals surface area (Å²) in [5, 5.41) is 28.6. The molecular weight excluding hydrogens is 204 g/mol. The predicted octanol–water partition coefficient (Wildman–Crippen LogP) is 2.39. The number of hydrogen-bond donors (Lipinski definition) is 3. The van der Waals surface area contributed by atoms with Crippen molar-refractivity contribution in [3.05, 3.63) is 53.6 Å². The Labute approximate surface area is 93.2 Å². The van der Waals surface area contributed by atoms with Crippen LogP contribution in [0, 0.1) is 0 Å². The first kappa shape index (κ1) is 10.4. The molecule has 3 N–H and O–H groups in total. The molecule has 0 amide bonds.